The van der Waals surface area contributed by atoms with Crippen LogP contribution in [0.25, 0.3) is 16.9 Å². The molecule has 2 heterocycles. The molecule has 0 spiro atoms. The van der Waals surface area contributed by atoms with Crippen molar-refractivity contribution in [2.75, 3.05) is 5.32 Å². The van der Waals surface area contributed by atoms with Gasteiger partial charge in [0.15, 0.2) is 5.65 Å². The highest BCUT2D eigenvalue weighted by Gasteiger charge is 2.12. The minimum absolute atomic E-state index is 0.0278. The number of hydrogen-bond donors (Lipinski definition) is 2. The average Bonchev–Trinajstić information content (AvgIpc) is 3.00. The fourth-order valence-electron chi connectivity index (χ4n) is 2.47. The molecule has 0 aliphatic heterocycles. The second kappa shape index (κ2) is 6.03. The topological polar surface area (TPSA) is 75.1 Å². The second-order valence-electron chi connectivity index (χ2n) is 5.31. The van der Waals surface area contributed by atoms with Gasteiger partial charge in [0.25, 0.3) is 0 Å². The number of benzene rings is 2. The van der Waals surface area contributed by atoms with Crippen molar-refractivity contribution in [3.63, 3.8) is 0 Å². The van der Waals surface area contributed by atoms with Crippen LogP contribution in [-0.2, 0) is 0 Å². The second-order valence-corrected chi connectivity index (χ2v) is 5.71. The van der Waals surface area contributed by atoms with Crippen molar-refractivity contribution >= 4 is 28.9 Å². The highest BCUT2D eigenvalue weighted by atomic mass is 35.5. The van der Waals surface area contributed by atoms with Crippen LogP contribution in [0.5, 0.6) is 0 Å². The summed E-state index contributed by atoms with van der Waals surface area (Å²) in [6.45, 7) is 0. The maximum atomic E-state index is 13.3. The molecule has 8 heteroatoms. The Kier molecular flexibility index (Phi) is 3.70. The van der Waals surface area contributed by atoms with Gasteiger partial charge < -0.3 is 5.32 Å². The predicted molar refractivity (Wildman–Crippen MR) is 93.7 cm³/mol. The van der Waals surface area contributed by atoms with E-state index < -0.39 is 11.5 Å². The summed E-state index contributed by atoms with van der Waals surface area (Å²) in [5.41, 5.74) is 1.99. The number of rotatable bonds is 3. The highest BCUT2D eigenvalue weighted by molar-refractivity contribution is 6.31. The Bertz CT molecular complexity index is 1120. The zero-order valence-electron chi connectivity index (χ0n) is 12.7. The number of nitrogens with zero attached hydrogens (tertiary/aromatic N) is 3. The molecule has 0 bridgehead atoms. The van der Waals surface area contributed by atoms with Crippen LogP contribution >= 0.6 is 11.6 Å². The summed E-state index contributed by atoms with van der Waals surface area (Å²) < 4.78 is 14.6. The highest BCUT2D eigenvalue weighted by Crippen LogP contribution is 2.24. The molecule has 0 fully saturated rings. The Morgan fingerprint density at radius 3 is 2.68 bits per heavy atom. The number of aromatic nitrogens is 4. The standard InChI is InChI=1S/C17H11ClFN5O/c18-12-8-11(6-7-13(12)19)20-16-21-14(10-4-2-1-3-5-10)9-15-22-23-17(25)24(15)16/h1-9H,(H,20,21)(H,23,25). The summed E-state index contributed by atoms with van der Waals surface area (Å²) in [6, 6.07) is 15.4. The van der Waals surface area contributed by atoms with Crippen LogP contribution in [0, 0.1) is 5.82 Å². The summed E-state index contributed by atoms with van der Waals surface area (Å²) in [5.74, 6) is -0.276. The zero-order valence-corrected chi connectivity index (χ0v) is 13.5. The summed E-state index contributed by atoms with van der Waals surface area (Å²) in [5, 5.41) is 9.36. The molecule has 2 N–H and O–H groups in total. The van der Waals surface area contributed by atoms with Crippen LogP contribution in [0.15, 0.2) is 59.4 Å². The Hall–Kier alpha value is -3.19. The first-order valence-corrected chi connectivity index (χ1v) is 7.75. The van der Waals surface area contributed by atoms with E-state index in [0.717, 1.165) is 5.56 Å². The van der Waals surface area contributed by atoms with Crippen molar-refractivity contribution in [2.45, 2.75) is 0 Å². The molecule has 6 nitrogen and oxygen atoms in total. The summed E-state index contributed by atoms with van der Waals surface area (Å²) in [4.78, 5) is 16.5. The van der Waals surface area contributed by atoms with Gasteiger partial charge in [0.1, 0.15) is 5.82 Å². The molecule has 4 rings (SSSR count). The maximum absolute atomic E-state index is 13.3. The lowest BCUT2D eigenvalue weighted by atomic mass is 10.1. The van der Waals surface area contributed by atoms with Gasteiger partial charge in [-0.1, -0.05) is 41.9 Å². The summed E-state index contributed by atoms with van der Waals surface area (Å²) in [6.07, 6.45) is 0. The van der Waals surface area contributed by atoms with E-state index in [4.69, 9.17) is 11.6 Å². The molecule has 4 aromatic rings. The van der Waals surface area contributed by atoms with Gasteiger partial charge in [0.2, 0.25) is 5.95 Å². The van der Waals surface area contributed by atoms with Crippen molar-refractivity contribution in [3.05, 3.63) is 75.9 Å². The first-order chi connectivity index (χ1) is 12.1. The smallest absolute Gasteiger partial charge is 0.325 e. The average molecular weight is 356 g/mol. The third-order valence-corrected chi connectivity index (χ3v) is 3.94. The lowest BCUT2D eigenvalue weighted by Gasteiger charge is -2.10. The van der Waals surface area contributed by atoms with E-state index in [0.29, 0.717) is 17.0 Å². The fourth-order valence-corrected chi connectivity index (χ4v) is 2.65. The largest absolute Gasteiger partial charge is 0.350 e. The summed E-state index contributed by atoms with van der Waals surface area (Å²) in [7, 11) is 0. The zero-order chi connectivity index (χ0) is 17.4. The molecule has 0 unspecified atom stereocenters. The molecular formula is C17H11ClFN5O. The lowest BCUT2D eigenvalue weighted by molar-refractivity contribution is 0.628. The van der Waals surface area contributed by atoms with E-state index in [-0.39, 0.29) is 11.0 Å². The Balaban J connectivity index is 1.87. The van der Waals surface area contributed by atoms with Gasteiger partial charge in [-0.15, -0.1) is 0 Å². The van der Waals surface area contributed by atoms with Crippen LogP contribution in [0.3, 0.4) is 0 Å². The molecule has 25 heavy (non-hydrogen) atoms. The molecule has 0 amide bonds. The lowest BCUT2D eigenvalue weighted by Crippen LogP contribution is -2.14. The number of fused-ring (bicyclic) bond motifs is 1. The number of H-pyrrole nitrogens is 1. The predicted octanol–water partition coefficient (Wildman–Crippen LogP) is 3.62. The van der Waals surface area contributed by atoms with Crippen LogP contribution in [0.2, 0.25) is 5.02 Å². The summed E-state index contributed by atoms with van der Waals surface area (Å²) >= 11 is 5.81. The Morgan fingerprint density at radius 2 is 1.92 bits per heavy atom. The van der Waals surface area contributed by atoms with Gasteiger partial charge in [-0.25, -0.2) is 23.7 Å². The molecule has 2 aromatic heterocycles. The normalized spacial score (nSPS) is 11.0. The van der Waals surface area contributed by atoms with E-state index in [2.05, 4.69) is 20.5 Å². The fraction of sp³-hybridized carbons (Fsp3) is 0. The molecule has 0 radical (unpaired) electrons. The van der Waals surface area contributed by atoms with Gasteiger partial charge in [0.05, 0.1) is 10.7 Å². The van der Waals surface area contributed by atoms with Gasteiger partial charge in [-0.2, -0.15) is 5.10 Å². The van der Waals surface area contributed by atoms with E-state index >= 15 is 0 Å². The molecule has 124 valence electrons. The Labute approximate surface area is 145 Å². The van der Waals surface area contributed by atoms with Gasteiger partial charge >= 0.3 is 5.69 Å². The number of aromatic amines is 1. The van der Waals surface area contributed by atoms with Gasteiger partial charge in [0, 0.05) is 17.3 Å². The first kappa shape index (κ1) is 15.3. The number of nitrogens with one attached hydrogen (secondary N) is 2. The molecule has 0 aliphatic carbocycles. The van der Waals surface area contributed by atoms with Gasteiger partial charge in [-0.05, 0) is 18.2 Å². The molecule has 0 aliphatic rings. The van der Waals surface area contributed by atoms with Crippen molar-refractivity contribution in [2.24, 2.45) is 0 Å². The number of halogens is 2. The third kappa shape index (κ3) is 2.85. The minimum Gasteiger partial charge on any atom is -0.325 e. The first-order valence-electron chi connectivity index (χ1n) is 7.37. The van der Waals surface area contributed by atoms with E-state index in [1.54, 1.807) is 6.07 Å². The van der Waals surface area contributed by atoms with Crippen molar-refractivity contribution < 1.29 is 4.39 Å². The monoisotopic (exact) mass is 355 g/mol. The molecule has 0 saturated carbocycles. The van der Waals surface area contributed by atoms with Gasteiger partial charge in [-0.3, -0.25) is 0 Å². The van der Waals surface area contributed by atoms with Crippen LogP contribution in [-0.4, -0.2) is 19.6 Å². The molecular weight excluding hydrogens is 345 g/mol. The van der Waals surface area contributed by atoms with Crippen LogP contribution in [0.1, 0.15) is 0 Å². The van der Waals surface area contributed by atoms with E-state index in [9.17, 15) is 9.18 Å². The minimum atomic E-state index is -0.524. The van der Waals surface area contributed by atoms with Crippen molar-refractivity contribution in [3.8, 4) is 11.3 Å². The molecule has 0 atom stereocenters. The number of hydrogen-bond acceptors (Lipinski definition) is 4. The van der Waals surface area contributed by atoms with Crippen molar-refractivity contribution in [1.29, 1.82) is 0 Å². The van der Waals surface area contributed by atoms with E-state index in [1.807, 2.05) is 30.3 Å². The molecule has 0 saturated heterocycles. The maximum Gasteiger partial charge on any atom is 0.350 e. The number of anilines is 2. The van der Waals surface area contributed by atoms with Crippen LogP contribution in [0.4, 0.5) is 16.0 Å². The third-order valence-electron chi connectivity index (χ3n) is 3.65. The van der Waals surface area contributed by atoms with E-state index in [1.165, 1.54) is 22.6 Å². The van der Waals surface area contributed by atoms with Crippen molar-refractivity contribution in [1.82, 2.24) is 19.6 Å². The quantitative estimate of drug-likeness (QED) is 0.588. The molecule has 2 aromatic carbocycles. The Morgan fingerprint density at radius 1 is 1.12 bits per heavy atom. The van der Waals surface area contributed by atoms with Crippen LogP contribution < -0.4 is 11.0 Å². The SMILES string of the molecule is O=c1[nH]nc2cc(-c3ccccc3)nc(Nc3ccc(F)c(Cl)c3)n12.